The lowest BCUT2D eigenvalue weighted by atomic mass is 10.0. The van der Waals surface area contributed by atoms with Gasteiger partial charge in [-0.05, 0) is 31.5 Å². The monoisotopic (exact) mass is 288 g/mol. The van der Waals surface area contributed by atoms with Gasteiger partial charge < -0.3 is 16.2 Å². The van der Waals surface area contributed by atoms with Crippen molar-refractivity contribution >= 4 is 11.8 Å². The molecule has 4 N–H and O–H groups in total. The van der Waals surface area contributed by atoms with Crippen molar-refractivity contribution < 1.29 is 14.7 Å². The minimum absolute atomic E-state index is 0.0108. The van der Waals surface area contributed by atoms with Crippen LogP contribution in [0, 0.1) is 18.8 Å². The number of carbonyl (C=O) groups excluding carboxylic acids is 2. The molecule has 5 nitrogen and oxygen atoms in total. The molecule has 0 aliphatic heterocycles. The summed E-state index contributed by atoms with van der Waals surface area (Å²) in [5.41, 5.74) is 7.14. The first-order valence-corrected chi connectivity index (χ1v) is 6.74. The molecule has 0 saturated heterocycles. The largest absolute Gasteiger partial charge is 0.395 e. The first kappa shape index (κ1) is 16.7. The van der Waals surface area contributed by atoms with Crippen LogP contribution in [-0.2, 0) is 4.79 Å². The van der Waals surface area contributed by atoms with Crippen LogP contribution in [-0.4, -0.2) is 29.6 Å². The highest BCUT2D eigenvalue weighted by Crippen LogP contribution is 2.13. The van der Waals surface area contributed by atoms with E-state index in [1.165, 1.54) is 0 Å². The number of nitrogens with two attached hydrogens (primary N) is 1. The molecule has 21 heavy (non-hydrogen) atoms. The molecule has 1 rings (SSSR count). The van der Waals surface area contributed by atoms with Gasteiger partial charge in [-0.15, -0.1) is 0 Å². The summed E-state index contributed by atoms with van der Waals surface area (Å²) >= 11 is 0. The molecule has 0 aliphatic carbocycles. The number of hydrogen-bond donors (Lipinski definition) is 3. The average Bonchev–Trinajstić information content (AvgIpc) is 2.39. The van der Waals surface area contributed by atoms with E-state index < -0.39 is 5.91 Å². The fraction of sp³-hybridized carbons (Fsp3) is 0.375. The second-order valence-corrected chi connectivity index (χ2v) is 4.80. The van der Waals surface area contributed by atoms with Crippen LogP contribution in [0.15, 0.2) is 18.2 Å². The Morgan fingerprint density at radius 1 is 1.43 bits per heavy atom. The predicted octanol–water partition coefficient (Wildman–Crippen LogP) is 0.723. The van der Waals surface area contributed by atoms with Crippen molar-refractivity contribution in [2.45, 2.75) is 32.7 Å². The fourth-order valence-corrected chi connectivity index (χ4v) is 1.89. The summed E-state index contributed by atoms with van der Waals surface area (Å²) in [4.78, 5) is 23.0. The molecule has 0 saturated carbocycles. The van der Waals surface area contributed by atoms with Gasteiger partial charge in [0.25, 0.3) is 5.91 Å². The first-order valence-electron chi connectivity index (χ1n) is 6.74. The summed E-state index contributed by atoms with van der Waals surface area (Å²) in [5, 5.41) is 11.5. The van der Waals surface area contributed by atoms with Crippen LogP contribution in [0.5, 0.6) is 0 Å². The molecule has 0 spiro atoms. The topological polar surface area (TPSA) is 92.4 Å². The van der Waals surface area contributed by atoms with E-state index in [0.717, 1.165) is 11.1 Å². The van der Waals surface area contributed by atoms with Crippen LogP contribution in [0.25, 0.3) is 0 Å². The van der Waals surface area contributed by atoms with E-state index in [1.807, 2.05) is 13.0 Å². The number of primary amides is 1. The van der Waals surface area contributed by atoms with Crippen LogP contribution >= 0.6 is 0 Å². The Kier molecular flexibility index (Phi) is 6.44. The van der Waals surface area contributed by atoms with Gasteiger partial charge in [0.15, 0.2) is 0 Å². The molecule has 112 valence electrons. The molecular weight excluding hydrogens is 268 g/mol. The maximum Gasteiger partial charge on any atom is 0.251 e. The van der Waals surface area contributed by atoms with Gasteiger partial charge >= 0.3 is 0 Å². The van der Waals surface area contributed by atoms with Gasteiger partial charge in [-0.25, -0.2) is 0 Å². The van der Waals surface area contributed by atoms with Gasteiger partial charge in [-0.3, -0.25) is 9.59 Å². The molecule has 0 aliphatic rings. The maximum absolute atomic E-state index is 12.2. The third-order valence-corrected chi connectivity index (χ3v) is 2.92. The van der Waals surface area contributed by atoms with E-state index in [0.29, 0.717) is 12.0 Å². The summed E-state index contributed by atoms with van der Waals surface area (Å²) in [7, 11) is 0. The Labute approximate surface area is 124 Å². The molecule has 0 fully saturated rings. The number of aliphatic hydroxyl groups excluding tert-OH is 1. The lowest BCUT2D eigenvalue weighted by Gasteiger charge is -2.13. The highest BCUT2D eigenvalue weighted by molar-refractivity contribution is 5.96. The molecule has 2 amide bonds. The minimum Gasteiger partial charge on any atom is -0.395 e. The Morgan fingerprint density at radius 3 is 2.76 bits per heavy atom. The van der Waals surface area contributed by atoms with Crippen LogP contribution in [0.3, 0.4) is 0 Å². The fourth-order valence-electron chi connectivity index (χ4n) is 1.89. The number of amides is 2. The zero-order valence-corrected chi connectivity index (χ0v) is 12.3. The van der Waals surface area contributed by atoms with E-state index in [9.17, 15) is 9.59 Å². The zero-order valence-electron chi connectivity index (χ0n) is 12.3. The van der Waals surface area contributed by atoms with E-state index in [-0.39, 0.29) is 25.0 Å². The maximum atomic E-state index is 12.2. The van der Waals surface area contributed by atoms with Crippen molar-refractivity contribution in [3.8, 4) is 11.8 Å². The Balaban J connectivity index is 2.88. The SMILES string of the molecule is Cc1c(C#CCCO)cccc1C(=O)NC(C)CC(N)=O. The van der Waals surface area contributed by atoms with Crippen molar-refractivity contribution in [2.75, 3.05) is 6.61 Å². The number of benzene rings is 1. The van der Waals surface area contributed by atoms with E-state index in [1.54, 1.807) is 19.1 Å². The van der Waals surface area contributed by atoms with E-state index in [2.05, 4.69) is 17.2 Å². The van der Waals surface area contributed by atoms with E-state index >= 15 is 0 Å². The molecule has 5 heteroatoms. The van der Waals surface area contributed by atoms with Crippen molar-refractivity contribution in [3.05, 3.63) is 34.9 Å². The lowest BCUT2D eigenvalue weighted by Crippen LogP contribution is -2.36. The highest BCUT2D eigenvalue weighted by atomic mass is 16.2. The van der Waals surface area contributed by atoms with Crippen LogP contribution in [0.4, 0.5) is 0 Å². The van der Waals surface area contributed by atoms with Crippen molar-refractivity contribution in [2.24, 2.45) is 5.73 Å². The van der Waals surface area contributed by atoms with E-state index in [4.69, 9.17) is 10.8 Å². The Bertz CT molecular complexity index is 585. The van der Waals surface area contributed by atoms with Gasteiger partial charge in [0.05, 0.1) is 6.61 Å². The predicted molar refractivity (Wildman–Crippen MR) is 80.5 cm³/mol. The second-order valence-electron chi connectivity index (χ2n) is 4.80. The molecule has 1 unspecified atom stereocenters. The van der Waals surface area contributed by atoms with Gasteiger partial charge in [0.1, 0.15) is 0 Å². The molecule has 0 aromatic heterocycles. The normalized spacial score (nSPS) is 11.2. The minimum atomic E-state index is -0.455. The molecule has 0 heterocycles. The molecule has 0 bridgehead atoms. The second kappa shape index (κ2) is 8.08. The number of hydrogen-bond acceptors (Lipinski definition) is 3. The van der Waals surface area contributed by atoms with Crippen LogP contribution in [0.2, 0.25) is 0 Å². The smallest absolute Gasteiger partial charge is 0.251 e. The van der Waals surface area contributed by atoms with Gasteiger partial charge in [0.2, 0.25) is 5.91 Å². The third kappa shape index (κ3) is 5.28. The van der Waals surface area contributed by atoms with Crippen LogP contribution < -0.4 is 11.1 Å². The van der Waals surface area contributed by atoms with Crippen LogP contribution in [0.1, 0.15) is 41.3 Å². The van der Waals surface area contributed by atoms with Gasteiger partial charge in [-0.2, -0.15) is 0 Å². The molecule has 1 aromatic rings. The Morgan fingerprint density at radius 2 is 2.14 bits per heavy atom. The number of carbonyl (C=O) groups is 2. The molecule has 1 aromatic carbocycles. The average molecular weight is 288 g/mol. The standard InChI is InChI=1S/C16H20N2O3/c1-11(10-15(17)20)18-16(21)14-8-5-7-13(12(14)2)6-3-4-9-19/h5,7-8,11,19H,4,9-10H2,1-2H3,(H2,17,20)(H,18,21). The molecular formula is C16H20N2O3. The molecule has 1 atom stereocenters. The summed E-state index contributed by atoms with van der Waals surface area (Å²) in [6.45, 7) is 3.55. The summed E-state index contributed by atoms with van der Waals surface area (Å²) in [6, 6.07) is 4.96. The van der Waals surface area contributed by atoms with Gasteiger partial charge in [0, 0.05) is 30.0 Å². The molecule has 0 radical (unpaired) electrons. The Hall–Kier alpha value is -2.32. The summed E-state index contributed by atoms with van der Waals surface area (Å²) in [6.07, 6.45) is 0.492. The number of rotatable bonds is 5. The first-order chi connectivity index (χ1) is 9.95. The lowest BCUT2D eigenvalue weighted by molar-refractivity contribution is -0.118. The third-order valence-electron chi connectivity index (χ3n) is 2.92. The zero-order chi connectivity index (χ0) is 15.8. The van der Waals surface area contributed by atoms with Crippen molar-refractivity contribution in [3.63, 3.8) is 0 Å². The summed E-state index contributed by atoms with van der Waals surface area (Å²) < 4.78 is 0. The van der Waals surface area contributed by atoms with Crippen molar-refractivity contribution in [1.29, 1.82) is 0 Å². The summed E-state index contributed by atoms with van der Waals surface area (Å²) in [5.74, 6) is 5.05. The number of nitrogens with one attached hydrogen (secondary N) is 1. The quantitative estimate of drug-likeness (QED) is 0.697. The highest BCUT2D eigenvalue weighted by Gasteiger charge is 2.14. The number of aliphatic hydroxyl groups is 1. The van der Waals surface area contributed by atoms with Gasteiger partial charge in [-0.1, -0.05) is 17.9 Å². The van der Waals surface area contributed by atoms with Crippen molar-refractivity contribution in [1.82, 2.24) is 5.32 Å².